The summed E-state index contributed by atoms with van der Waals surface area (Å²) in [7, 11) is 1.58. The number of hydrogen-bond acceptors (Lipinski definition) is 6. The van der Waals surface area contributed by atoms with Gasteiger partial charge >= 0.3 is 0 Å². The first kappa shape index (κ1) is 21.3. The molecule has 3 aromatic rings. The number of amides is 2. The van der Waals surface area contributed by atoms with Gasteiger partial charge in [0.15, 0.2) is 11.5 Å². The number of aromatic nitrogens is 1. The summed E-state index contributed by atoms with van der Waals surface area (Å²) in [5.74, 6) is 0.919. The number of rotatable bonds is 10. The number of carbonyl (C=O) groups is 2. The van der Waals surface area contributed by atoms with Crippen molar-refractivity contribution in [1.29, 1.82) is 0 Å². The van der Waals surface area contributed by atoms with Crippen LogP contribution in [0.5, 0.6) is 11.5 Å². The van der Waals surface area contributed by atoms with Crippen molar-refractivity contribution in [1.82, 2.24) is 15.6 Å². The highest BCUT2D eigenvalue weighted by Gasteiger charge is 2.09. The van der Waals surface area contributed by atoms with Gasteiger partial charge in [-0.1, -0.05) is 12.1 Å². The first-order valence-corrected chi connectivity index (χ1v) is 10.3. The van der Waals surface area contributed by atoms with E-state index in [2.05, 4.69) is 15.6 Å². The molecule has 2 N–H and O–H groups in total. The molecule has 0 saturated carbocycles. The molecule has 2 heterocycles. The standard InChI is InChI=1S/C22H23N3O4S/c1-28-19-13-17(4-5-18(19)29-15-16-6-9-23-10-7-16)14-25-21(26)8-11-24-22(27)20-3-2-12-30-20/h2-7,9-10,12-13H,8,11,14-15H2,1H3,(H,24,27)(H,25,26). The smallest absolute Gasteiger partial charge is 0.261 e. The van der Waals surface area contributed by atoms with E-state index in [4.69, 9.17) is 9.47 Å². The molecule has 0 saturated heterocycles. The predicted octanol–water partition coefficient (Wildman–Crippen LogP) is 3.17. The van der Waals surface area contributed by atoms with Crippen molar-refractivity contribution in [2.75, 3.05) is 13.7 Å². The number of benzene rings is 1. The molecule has 2 amide bonds. The Kier molecular flexibility index (Phi) is 7.79. The Morgan fingerprint density at radius 3 is 2.60 bits per heavy atom. The molecule has 0 atom stereocenters. The quantitative estimate of drug-likeness (QED) is 0.521. The molecular weight excluding hydrogens is 402 g/mol. The molecule has 156 valence electrons. The summed E-state index contributed by atoms with van der Waals surface area (Å²) >= 11 is 1.37. The number of ether oxygens (including phenoxy) is 2. The fourth-order valence-electron chi connectivity index (χ4n) is 2.65. The topological polar surface area (TPSA) is 89.6 Å². The van der Waals surface area contributed by atoms with Crippen LogP contribution in [0.15, 0.2) is 60.2 Å². The number of nitrogens with one attached hydrogen (secondary N) is 2. The summed E-state index contributed by atoms with van der Waals surface area (Å²) in [6.07, 6.45) is 3.64. The maximum Gasteiger partial charge on any atom is 0.261 e. The zero-order valence-corrected chi connectivity index (χ0v) is 17.4. The lowest BCUT2D eigenvalue weighted by Gasteiger charge is -2.13. The highest BCUT2D eigenvalue weighted by atomic mass is 32.1. The molecule has 0 bridgehead atoms. The summed E-state index contributed by atoms with van der Waals surface area (Å²) in [5, 5.41) is 7.42. The number of hydrogen-bond donors (Lipinski definition) is 2. The van der Waals surface area contributed by atoms with E-state index in [9.17, 15) is 9.59 Å². The minimum Gasteiger partial charge on any atom is -0.493 e. The van der Waals surface area contributed by atoms with Gasteiger partial charge in [0.05, 0.1) is 12.0 Å². The molecular formula is C22H23N3O4S. The lowest BCUT2D eigenvalue weighted by Crippen LogP contribution is -2.30. The molecule has 0 radical (unpaired) electrons. The van der Waals surface area contributed by atoms with Crippen LogP contribution in [-0.2, 0) is 17.9 Å². The van der Waals surface area contributed by atoms with Crippen LogP contribution in [0.4, 0.5) is 0 Å². The summed E-state index contributed by atoms with van der Waals surface area (Å²) < 4.78 is 11.2. The molecule has 1 aromatic carbocycles. The lowest BCUT2D eigenvalue weighted by molar-refractivity contribution is -0.121. The Hall–Kier alpha value is -3.39. The van der Waals surface area contributed by atoms with Crippen LogP contribution < -0.4 is 20.1 Å². The van der Waals surface area contributed by atoms with E-state index in [1.54, 1.807) is 25.6 Å². The van der Waals surface area contributed by atoms with Crippen LogP contribution >= 0.6 is 11.3 Å². The van der Waals surface area contributed by atoms with E-state index in [0.717, 1.165) is 11.1 Å². The molecule has 8 heteroatoms. The normalized spacial score (nSPS) is 10.3. The zero-order chi connectivity index (χ0) is 21.2. The third-order valence-corrected chi connectivity index (χ3v) is 5.11. The molecule has 2 aromatic heterocycles. The molecule has 0 aliphatic heterocycles. The van der Waals surface area contributed by atoms with Crippen molar-refractivity contribution in [2.45, 2.75) is 19.6 Å². The molecule has 30 heavy (non-hydrogen) atoms. The van der Waals surface area contributed by atoms with Crippen molar-refractivity contribution in [3.8, 4) is 11.5 Å². The second kappa shape index (κ2) is 11.0. The van der Waals surface area contributed by atoms with Crippen LogP contribution in [-0.4, -0.2) is 30.5 Å². The van der Waals surface area contributed by atoms with Gasteiger partial charge in [-0.25, -0.2) is 0 Å². The van der Waals surface area contributed by atoms with Gasteiger partial charge < -0.3 is 20.1 Å². The predicted molar refractivity (Wildman–Crippen MR) is 115 cm³/mol. The van der Waals surface area contributed by atoms with Gasteiger partial charge in [-0.3, -0.25) is 14.6 Å². The third kappa shape index (κ3) is 6.31. The summed E-state index contributed by atoms with van der Waals surface area (Å²) in [4.78, 5) is 28.5. The SMILES string of the molecule is COc1cc(CNC(=O)CCNC(=O)c2cccs2)ccc1OCc1ccncc1. The number of thiophene rings is 1. The maximum absolute atomic E-state index is 12.0. The number of pyridine rings is 1. The van der Waals surface area contributed by atoms with Gasteiger partial charge in [-0.15, -0.1) is 11.3 Å². The van der Waals surface area contributed by atoms with Gasteiger partial charge in [0.1, 0.15) is 6.61 Å². The number of methoxy groups -OCH3 is 1. The highest BCUT2D eigenvalue weighted by Crippen LogP contribution is 2.28. The summed E-state index contributed by atoms with van der Waals surface area (Å²) in [5.41, 5.74) is 1.90. The van der Waals surface area contributed by atoms with E-state index in [1.807, 2.05) is 41.8 Å². The monoisotopic (exact) mass is 425 g/mol. The average Bonchev–Trinajstić information content (AvgIpc) is 3.32. The molecule has 0 spiro atoms. The minimum atomic E-state index is -0.162. The molecule has 3 rings (SSSR count). The van der Waals surface area contributed by atoms with E-state index in [0.29, 0.717) is 29.5 Å². The van der Waals surface area contributed by atoms with Gasteiger partial charge in [-0.05, 0) is 46.8 Å². The Morgan fingerprint density at radius 1 is 1.03 bits per heavy atom. The first-order chi connectivity index (χ1) is 14.7. The fraction of sp³-hybridized carbons (Fsp3) is 0.227. The minimum absolute atomic E-state index is 0.140. The summed E-state index contributed by atoms with van der Waals surface area (Å²) in [6, 6.07) is 12.9. The average molecular weight is 426 g/mol. The first-order valence-electron chi connectivity index (χ1n) is 9.42. The Bertz CT molecular complexity index is 962. The van der Waals surface area contributed by atoms with Crippen molar-refractivity contribution >= 4 is 23.2 Å². The van der Waals surface area contributed by atoms with E-state index in [-0.39, 0.29) is 24.8 Å². The summed E-state index contributed by atoms with van der Waals surface area (Å²) in [6.45, 7) is 1.05. The zero-order valence-electron chi connectivity index (χ0n) is 16.6. The second-order valence-corrected chi connectivity index (χ2v) is 7.34. The van der Waals surface area contributed by atoms with Gasteiger partial charge in [0.25, 0.3) is 5.91 Å². The van der Waals surface area contributed by atoms with Crippen LogP contribution in [0.2, 0.25) is 0 Å². The van der Waals surface area contributed by atoms with E-state index >= 15 is 0 Å². The lowest BCUT2D eigenvalue weighted by atomic mass is 10.2. The Labute approximate surface area is 179 Å². The van der Waals surface area contributed by atoms with Crippen LogP contribution in [0.3, 0.4) is 0 Å². The molecule has 0 unspecified atom stereocenters. The number of carbonyl (C=O) groups excluding carboxylic acids is 2. The van der Waals surface area contributed by atoms with Crippen molar-refractivity contribution < 1.29 is 19.1 Å². The molecule has 0 aliphatic carbocycles. The van der Waals surface area contributed by atoms with Crippen LogP contribution in [0.25, 0.3) is 0 Å². The van der Waals surface area contributed by atoms with E-state index in [1.165, 1.54) is 11.3 Å². The fourth-order valence-corrected chi connectivity index (χ4v) is 3.29. The Balaban J connectivity index is 1.44. The maximum atomic E-state index is 12.0. The van der Waals surface area contributed by atoms with Gasteiger partial charge in [-0.2, -0.15) is 0 Å². The van der Waals surface area contributed by atoms with E-state index < -0.39 is 0 Å². The highest BCUT2D eigenvalue weighted by molar-refractivity contribution is 7.12. The molecule has 0 fully saturated rings. The molecule has 0 aliphatic rings. The number of nitrogens with zero attached hydrogens (tertiary/aromatic N) is 1. The van der Waals surface area contributed by atoms with Gasteiger partial charge in [0.2, 0.25) is 5.91 Å². The van der Waals surface area contributed by atoms with Crippen LogP contribution in [0, 0.1) is 0 Å². The van der Waals surface area contributed by atoms with Gasteiger partial charge in [0, 0.05) is 31.9 Å². The second-order valence-electron chi connectivity index (χ2n) is 6.39. The molecule has 7 nitrogen and oxygen atoms in total. The van der Waals surface area contributed by atoms with Crippen molar-refractivity contribution in [3.05, 3.63) is 76.2 Å². The van der Waals surface area contributed by atoms with Crippen molar-refractivity contribution in [3.63, 3.8) is 0 Å². The largest absolute Gasteiger partial charge is 0.493 e. The van der Waals surface area contributed by atoms with Crippen LogP contribution in [0.1, 0.15) is 27.2 Å². The third-order valence-electron chi connectivity index (χ3n) is 4.24. The Morgan fingerprint density at radius 2 is 1.87 bits per heavy atom. The van der Waals surface area contributed by atoms with Crippen molar-refractivity contribution in [2.24, 2.45) is 0 Å².